The first-order valence-corrected chi connectivity index (χ1v) is 7.04. The summed E-state index contributed by atoms with van der Waals surface area (Å²) >= 11 is 3.46. The molecule has 5 nitrogen and oxygen atoms in total. The maximum atomic E-state index is 11.8. The zero-order chi connectivity index (χ0) is 15.4. The molecule has 0 aliphatic heterocycles. The van der Waals surface area contributed by atoms with E-state index in [-0.39, 0.29) is 12.4 Å². The molecule has 1 aromatic carbocycles. The molecule has 1 amide bonds. The van der Waals surface area contributed by atoms with Crippen molar-refractivity contribution in [2.24, 2.45) is 0 Å². The minimum Gasteiger partial charge on any atom is -0.457 e. The third-order valence-corrected chi connectivity index (χ3v) is 4.03. The van der Waals surface area contributed by atoms with Gasteiger partial charge in [-0.05, 0) is 49.2 Å². The molecule has 0 saturated carbocycles. The molecule has 110 valence electrons. The molecule has 0 spiro atoms. The summed E-state index contributed by atoms with van der Waals surface area (Å²) in [6.45, 7) is 3.50. The molecule has 0 aliphatic rings. The Morgan fingerprint density at radius 2 is 1.95 bits per heavy atom. The van der Waals surface area contributed by atoms with Crippen molar-refractivity contribution in [1.29, 1.82) is 0 Å². The van der Waals surface area contributed by atoms with E-state index < -0.39 is 11.9 Å². The Hall–Kier alpha value is -2.08. The molecule has 21 heavy (non-hydrogen) atoms. The molecule has 2 aromatic rings. The van der Waals surface area contributed by atoms with Gasteiger partial charge in [-0.15, -0.1) is 0 Å². The van der Waals surface area contributed by atoms with E-state index >= 15 is 0 Å². The van der Waals surface area contributed by atoms with E-state index in [9.17, 15) is 9.59 Å². The van der Waals surface area contributed by atoms with Crippen molar-refractivity contribution < 1.29 is 18.7 Å². The number of halogens is 1. The number of anilines is 1. The maximum Gasteiger partial charge on any atom is 0.374 e. The maximum absolute atomic E-state index is 11.8. The zero-order valence-electron chi connectivity index (χ0n) is 11.6. The summed E-state index contributed by atoms with van der Waals surface area (Å²) in [4.78, 5) is 23.3. The van der Waals surface area contributed by atoms with Crippen molar-refractivity contribution in [3.8, 4) is 0 Å². The van der Waals surface area contributed by atoms with Gasteiger partial charge in [0.05, 0.1) is 6.26 Å². The molecule has 0 saturated heterocycles. The molecule has 6 heteroatoms. The Labute approximate surface area is 130 Å². The van der Waals surface area contributed by atoms with Crippen LogP contribution in [0.5, 0.6) is 0 Å². The molecule has 1 aromatic heterocycles. The predicted octanol–water partition coefficient (Wildman–Crippen LogP) is 3.45. The number of carbonyl (C=O) groups excluding carboxylic acids is 2. The first kappa shape index (κ1) is 15.3. The summed E-state index contributed by atoms with van der Waals surface area (Å²) in [7, 11) is 0. The van der Waals surface area contributed by atoms with Gasteiger partial charge in [-0.3, -0.25) is 4.79 Å². The third kappa shape index (κ3) is 3.95. The quantitative estimate of drug-likeness (QED) is 0.856. The Kier molecular flexibility index (Phi) is 4.80. The Bertz CT molecular complexity index is 641. The standard InChI is InChI=1S/C15H14BrNO4/c1-9-6-11(7-10(2)14(9)16)17-13(18)8-21-15(19)12-4-3-5-20-12/h3-7H,8H2,1-2H3,(H,17,18). The number of rotatable bonds is 4. The minimum atomic E-state index is -0.668. The molecule has 2 rings (SSSR count). The van der Waals surface area contributed by atoms with Gasteiger partial charge in [-0.2, -0.15) is 0 Å². The number of ether oxygens (including phenoxy) is 1. The fourth-order valence-corrected chi connectivity index (χ4v) is 2.04. The molecular formula is C15H14BrNO4. The van der Waals surface area contributed by atoms with Crippen LogP contribution in [0.4, 0.5) is 5.69 Å². The highest BCUT2D eigenvalue weighted by Crippen LogP contribution is 2.24. The second kappa shape index (κ2) is 6.58. The Balaban J connectivity index is 1.92. The van der Waals surface area contributed by atoms with E-state index in [4.69, 9.17) is 9.15 Å². The second-order valence-corrected chi connectivity index (χ2v) is 5.32. The summed E-state index contributed by atoms with van der Waals surface area (Å²) in [6.07, 6.45) is 1.37. The van der Waals surface area contributed by atoms with E-state index in [0.29, 0.717) is 5.69 Å². The number of benzene rings is 1. The van der Waals surface area contributed by atoms with Gasteiger partial charge in [0.15, 0.2) is 6.61 Å². The van der Waals surface area contributed by atoms with Crippen molar-refractivity contribution in [3.05, 3.63) is 51.9 Å². The summed E-state index contributed by atoms with van der Waals surface area (Å²) in [5, 5.41) is 2.68. The van der Waals surface area contributed by atoms with Crippen LogP contribution in [0.1, 0.15) is 21.7 Å². The number of furan rings is 1. The van der Waals surface area contributed by atoms with Crippen LogP contribution in [0.3, 0.4) is 0 Å². The smallest absolute Gasteiger partial charge is 0.374 e. The van der Waals surface area contributed by atoms with Gasteiger partial charge in [-0.1, -0.05) is 15.9 Å². The van der Waals surface area contributed by atoms with Gasteiger partial charge in [-0.25, -0.2) is 4.79 Å². The van der Waals surface area contributed by atoms with Crippen molar-refractivity contribution in [3.63, 3.8) is 0 Å². The van der Waals surface area contributed by atoms with E-state index in [1.165, 1.54) is 12.3 Å². The van der Waals surface area contributed by atoms with Crippen LogP contribution in [0, 0.1) is 13.8 Å². The van der Waals surface area contributed by atoms with Gasteiger partial charge in [0.2, 0.25) is 5.76 Å². The Morgan fingerprint density at radius 1 is 1.29 bits per heavy atom. The molecule has 1 N–H and O–H groups in total. The fourth-order valence-electron chi connectivity index (χ4n) is 1.81. The van der Waals surface area contributed by atoms with Crippen molar-refractivity contribution in [2.45, 2.75) is 13.8 Å². The minimum absolute atomic E-state index is 0.0677. The van der Waals surface area contributed by atoms with Gasteiger partial charge in [0, 0.05) is 10.2 Å². The first-order valence-electron chi connectivity index (χ1n) is 6.24. The molecule has 0 atom stereocenters. The third-order valence-electron chi connectivity index (χ3n) is 2.78. The number of aryl methyl sites for hydroxylation is 2. The van der Waals surface area contributed by atoms with E-state index in [2.05, 4.69) is 21.2 Å². The monoisotopic (exact) mass is 351 g/mol. The predicted molar refractivity (Wildman–Crippen MR) is 81.2 cm³/mol. The van der Waals surface area contributed by atoms with Crippen LogP contribution in [0.15, 0.2) is 39.4 Å². The average molecular weight is 352 g/mol. The fraction of sp³-hybridized carbons (Fsp3) is 0.200. The van der Waals surface area contributed by atoms with Crippen LogP contribution in [0.25, 0.3) is 0 Å². The van der Waals surface area contributed by atoms with Crippen LogP contribution in [-0.4, -0.2) is 18.5 Å². The molecular weight excluding hydrogens is 338 g/mol. The summed E-state index contributed by atoms with van der Waals surface area (Å²) in [6, 6.07) is 6.72. The Morgan fingerprint density at radius 3 is 2.52 bits per heavy atom. The van der Waals surface area contributed by atoms with E-state index in [0.717, 1.165) is 15.6 Å². The molecule has 0 unspecified atom stereocenters. The van der Waals surface area contributed by atoms with Crippen LogP contribution >= 0.6 is 15.9 Å². The average Bonchev–Trinajstić information content (AvgIpc) is 2.96. The lowest BCUT2D eigenvalue weighted by Crippen LogP contribution is -2.20. The number of esters is 1. The highest BCUT2D eigenvalue weighted by molar-refractivity contribution is 9.10. The summed E-state index contributed by atoms with van der Waals surface area (Å²) in [5.74, 6) is -1.01. The highest BCUT2D eigenvalue weighted by Gasteiger charge is 2.13. The summed E-state index contributed by atoms with van der Waals surface area (Å²) in [5.41, 5.74) is 2.68. The molecule has 0 fully saturated rings. The number of carbonyl (C=O) groups is 2. The van der Waals surface area contributed by atoms with Crippen molar-refractivity contribution in [2.75, 3.05) is 11.9 Å². The van der Waals surface area contributed by atoms with Gasteiger partial charge < -0.3 is 14.5 Å². The highest BCUT2D eigenvalue weighted by atomic mass is 79.9. The van der Waals surface area contributed by atoms with E-state index in [1.54, 1.807) is 6.07 Å². The normalized spacial score (nSPS) is 10.2. The number of amides is 1. The molecule has 0 aliphatic carbocycles. The van der Waals surface area contributed by atoms with Gasteiger partial charge in [0.25, 0.3) is 5.91 Å². The molecule has 1 heterocycles. The number of nitrogens with one attached hydrogen (secondary N) is 1. The number of hydrogen-bond donors (Lipinski definition) is 1. The molecule has 0 radical (unpaired) electrons. The lowest BCUT2D eigenvalue weighted by atomic mass is 10.1. The molecule has 0 bridgehead atoms. The van der Waals surface area contributed by atoms with Crippen LogP contribution in [-0.2, 0) is 9.53 Å². The number of hydrogen-bond acceptors (Lipinski definition) is 4. The zero-order valence-corrected chi connectivity index (χ0v) is 13.2. The lowest BCUT2D eigenvalue weighted by Gasteiger charge is -2.09. The van der Waals surface area contributed by atoms with Crippen LogP contribution in [0.2, 0.25) is 0 Å². The van der Waals surface area contributed by atoms with Crippen molar-refractivity contribution in [1.82, 2.24) is 0 Å². The summed E-state index contributed by atoms with van der Waals surface area (Å²) < 4.78 is 10.7. The lowest BCUT2D eigenvalue weighted by molar-refractivity contribution is -0.119. The van der Waals surface area contributed by atoms with E-state index in [1.807, 2.05) is 26.0 Å². The van der Waals surface area contributed by atoms with Gasteiger partial charge in [0.1, 0.15) is 0 Å². The van der Waals surface area contributed by atoms with Crippen LogP contribution < -0.4 is 5.32 Å². The second-order valence-electron chi connectivity index (χ2n) is 4.53. The largest absolute Gasteiger partial charge is 0.457 e. The topological polar surface area (TPSA) is 68.5 Å². The van der Waals surface area contributed by atoms with Gasteiger partial charge >= 0.3 is 5.97 Å². The first-order chi connectivity index (χ1) is 9.97. The van der Waals surface area contributed by atoms with Crippen molar-refractivity contribution >= 4 is 33.5 Å². The SMILES string of the molecule is Cc1cc(NC(=O)COC(=O)c2ccco2)cc(C)c1Br.